The lowest BCUT2D eigenvalue weighted by Crippen LogP contribution is -2.33. The van der Waals surface area contributed by atoms with Crippen LogP contribution in [0.3, 0.4) is 0 Å². The molecule has 0 saturated carbocycles. The number of methoxy groups -OCH3 is 1. The maximum Gasteiger partial charge on any atom is 0.407 e. The van der Waals surface area contributed by atoms with Gasteiger partial charge in [0.15, 0.2) is 11.5 Å². The third-order valence-corrected chi connectivity index (χ3v) is 7.24. The number of rotatable bonds is 17. The smallest absolute Gasteiger partial charge is 0.407 e. The highest BCUT2D eigenvalue weighted by Gasteiger charge is 2.32. The average molecular weight is 591 g/mol. The van der Waals surface area contributed by atoms with E-state index in [2.05, 4.69) is 5.32 Å². The van der Waals surface area contributed by atoms with E-state index in [4.69, 9.17) is 28.0 Å². The molecule has 1 amide bonds. The Morgan fingerprint density at radius 3 is 2.23 bits per heavy atom. The van der Waals surface area contributed by atoms with E-state index in [1.165, 1.54) is 19.2 Å². The number of hydrogen-bond donors (Lipinski definition) is 1. The molecule has 0 saturated heterocycles. The number of amides is 1. The van der Waals surface area contributed by atoms with Crippen LogP contribution in [0.15, 0.2) is 12.1 Å². The van der Waals surface area contributed by atoms with Crippen LogP contribution in [0.1, 0.15) is 73.0 Å². The Hall–Kier alpha value is -2.89. The summed E-state index contributed by atoms with van der Waals surface area (Å²) in [5.41, 5.74) is -0.809. The zero-order valence-corrected chi connectivity index (χ0v) is 25.5. The summed E-state index contributed by atoms with van der Waals surface area (Å²) >= 11 is 0. The van der Waals surface area contributed by atoms with E-state index in [-0.39, 0.29) is 67.6 Å². The van der Waals surface area contributed by atoms with Gasteiger partial charge in [-0.15, -0.1) is 0 Å². The molecule has 0 spiro atoms. The van der Waals surface area contributed by atoms with Gasteiger partial charge in [-0.05, 0) is 53.0 Å². The molecule has 13 nitrogen and oxygen atoms in total. The molecule has 0 fully saturated rings. The lowest BCUT2D eigenvalue weighted by molar-refractivity contribution is -0.386. The first-order valence-corrected chi connectivity index (χ1v) is 14.9. The Bertz CT molecular complexity index is 1030. The van der Waals surface area contributed by atoms with Crippen LogP contribution in [0.2, 0.25) is 0 Å². The average Bonchev–Trinajstić information content (AvgIpc) is 2.84. The van der Waals surface area contributed by atoms with Crippen molar-refractivity contribution in [3.8, 4) is 11.5 Å². The zero-order chi connectivity index (χ0) is 30.5. The van der Waals surface area contributed by atoms with E-state index >= 15 is 0 Å². The summed E-state index contributed by atoms with van der Waals surface area (Å²) in [5, 5.41) is 14.5. The van der Waals surface area contributed by atoms with Crippen molar-refractivity contribution in [1.82, 2.24) is 5.32 Å². The Morgan fingerprint density at radius 2 is 1.73 bits per heavy atom. The Kier molecular flexibility index (Phi) is 14.4. The van der Waals surface area contributed by atoms with Gasteiger partial charge in [0, 0.05) is 6.54 Å². The number of carbonyl (C=O) groups excluding carboxylic acids is 2. The zero-order valence-electron chi connectivity index (χ0n) is 24.6. The number of ether oxygens (including phenoxy) is 4. The summed E-state index contributed by atoms with van der Waals surface area (Å²) in [4.78, 5) is 35.9. The largest absolute Gasteiger partial charge is 0.493 e. The highest BCUT2D eigenvalue weighted by molar-refractivity contribution is 7.53. The van der Waals surface area contributed by atoms with Crippen molar-refractivity contribution in [3.63, 3.8) is 0 Å². The summed E-state index contributed by atoms with van der Waals surface area (Å²) in [6.07, 6.45) is -1.60. The van der Waals surface area contributed by atoms with Gasteiger partial charge in [-0.25, -0.2) is 4.79 Å². The van der Waals surface area contributed by atoms with Gasteiger partial charge in [-0.1, -0.05) is 13.8 Å². The SMILES string of the molecule is CCOP(=O)(CCC(=O)OC(c1cc(OCCCNC(=O)OC(C)(C)C)c(OC)cc1[N+](=O)[O-])C(C)C)OCC. The molecule has 0 aromatic heterocycles. The summed E-state index contributed by atoms with van der Waals surface area (Å²) in [6.45, 7) is 12.8. The van der Waals surface area contributed by atoms with Crippen molar-refractivity contribution in [3.05, 3.63) is 27.8 Å². The molecule has 1 atom stereocenters. The molecule has 1 unspecified atom stereocenters. The van der Waals surface area contributed by atoms with Crippen molar-refractivity contribution in [1.29, 1.82) is 0 Å². The molecule has 40 heavy (non-hydrogen) atoms. The van der Waals surface area contributed by atoms with Gasteiger partial charge >= 0.3 is 19.7 Å². The first-order valence-electron chi connectivity index (χ1n) is 13.2. The number of esters is 1. The maximum absolute atomic E-state index is 12.7. The Morgan fingerprint density at radius 1 is 1.10 bits per heavy atom. The second kappa shape index (κ2) is 16.4. The summed E-state index contributed by atoms with van der Waals surface area (Å²) < 4.78 is 45.1. The number of benzene rings is 1. The molecule has 0 aliphatic rings. The van der Waals surface area contributed by atoms with Crippen LogP contribution in [0.5, 0.6) is 11.5 Å². The molecule has 1 aromatic carbocycles. The third kappa shape index (κ3) is 12.1. The predicted octanol–water partition coefficient (Wildman–Crippen LogP) is 5.79. The normalized spacial score (nSPS) is 12.5. The Balaban J connectivity index is 3.07. The van der Waals surface area contributed by atoms with E-state index in [0.717, 1.165) is 0 Å². The van der Waals surface area contributed by atoms with Gasteiger partial charge in [0.25, 0.3) is 5.69 Å². The van der Waals surface area contributed by atoms with Gasteiger partial charge in [-0.3, -0.25) is 19.5 Å². The molecule has 0 aliphatic carbocycles. The van der Waals surface area contributed by atoms with Gasteiger partial charge in [-0.2, -0.15) is 0 Å². The number of hydrogen-bond acceptors (Lipinski definition) is 11. The fraction of sp³-hybridized carbons (Fsp3) is 0.692. The predicted molar refractivity (Wildman–Crippen MR) is 148 cm³/mol. The van der Waals surface area contributed by atoms with Gasteiger partial charge in [0.1, 0.15) is 11.7 Å². The minimum Gasteiger partial charge on any atom is -0.493 e. The van der Waals surface area contributed by atoms with Crippen LogP contribution in [-0.2, 0) is 27.9 Å². The third-order valence-electron chi connectivity index (χ3n) is 5.17. The lowest BCUT2D eigenvalue weighted by atomic mass is 9.96. The number of nitrogens with zero attached hydrogens (tertiary/aromatic N) is 1. The van der Waals surface area contributed by atoms with Crippen LogP contribution in [-0.4, -0.2) is 62.2 Å². The van der Waals surface area contributed by atoms with E-state index in [0.29, 0.717) is 6.42 Å². The van der Waals surface area contributed by atoms with Crippen molar-refractivity contribution in [2.45, 2.75) is 73.0 Å². The highest BCUT2D eigenvalue weighted by Crippen LogP contribution is 2.49. The minimum atomic E-state index is -3.47. The summed E-state index contributed by atoms with van der Waals surface area (Å²) in [6, 6.07) is 2.63. The topological polar surface area (TPSA) is 162 Å². The van der Waals surface area contributed by atoms with Crippen molar-refractivity contribution >= 4 is 25.3 Å². The molecule has 0 aliphatic heterocycles. The standard InChI is InChI=1S/C26H43N2O11P/c1-9-36-40(33,37-10-2)15-12-23(29)38-24(18(3)4)19-16-22(21(34-8)17-20(19)28(31)32)35-14-11-13-27-25(30)39-26(5,6)7/h16-18,24H,9-15H2,1-8H3,(H,27,30). The van der Waals surface area contributed by atoms with Gasteiger partial charge in [0.05, 0.1) is 56.1 Å². The molecule has 1 rings (SSSR count). The molecule has 0 bridgehead atoms. The van der Waals surface area contributed by atoms with Crippen LogP contribution >= 0.6 is 7.60 Å². The van der Waals surface area contributed by atoms with Gasteiger partial charge in [0.2, 0.25) is 0 Å². The molecule has 0 heterocycles. The van der Waals surface area contributed by atoms with Crippen molar-refractivity contribution in [2.75, 3.05) is 39.6 Å². The second-order valence-electron chi connectivity index (χ2n) is 10.0. The monoisotopic (exact) mass is 590 g/mol. The molecule has 1 aromatic rings. The quantitative estimate of drug-likeness (QED) is 0.0768. The van der Waals surface area contributed by atoms with Crippen LogP contribution in [0, 0.1) is 16.0 Å². The van der Waals surface area contributed by atoms with E-state index < -0.39 is 36.3 Å². The number of nitrogens with one attached hydrogen (secondary N) is 1. The lowest BCUT2D eigenvalue weighted by Gasteiger charge is -2.23. The molecule has 0 radical (unpaired) electrons. The Labute approximate surface area is 235 Å². The van der Waals surface area contributed by atoms with Gasteiger partial charge < -0.3 is 33.3 Å². The summed E-state index contributed by atoms with van der Waals surface area (Å²) in [7, 11) is -2.12. The van der Waals surface area contributed by atoms with Crippen LogP contribution < -0.4 is 14.8 Å². The first kappa shape index (κ1) is 35.1. The van der Waals surface area contributed by atoms with Crippen molar-refractivity contribution in [2.24, 2.45) is 5.92 Å². The fourth-order valence-electron chi connectivity index (χ4n) is 3.53. The maximum atomic E-state index is 12.7. The van der Waals surface area contributed by atoms with E-state index in [9.17, 15) is 24.3 Å². The van der Waals surface area contributed by atoms with Crippen LogP contribution in [0.4, 0.5) is 10.5 Å². The first-order chi connectivity index (χ1) is 18.7. The molecular weight excluding hydrogens is 547 g/mol. The second-order valence-corrected chi connectivity index (χ2v) is 12.2. The minimum absolute atomic E-state index is 0.119. The molecule has 14 heteroatoms. The molecular formula is C26H43N2O11P. The number of alkyl carbamates (subject to hydrolysis) is 1. The van der Waals surface area contributed by atoms with Crippen LogP contribution in [0.25, 0.3) is 0 Å². The van der Waals surface area contributed by atoms with E-state index in [1.807, 2.05) is 0 Å². The van der Waals surface area contributed by atoms with Crippen molar-refractivity contribution < 1.29 is 47.1 Å². The molecule has 228 valence electrons. The number of carbonyl (C=O) groups is 2. The number of nitro benzene ring substituents is 1. The number of nitro groups is 1. The molecule has 1 N–H and O–H groups in total. The fourth-order valence-corrected chi connectivity index (χ4v) is 5.11. The summed E-state index contributed by atoms with van der Waals surface area (Å²) in [5.74, 6) is -0.732. The van der Waals surface area contributed by atoms with E-state index in [1.54, 1.807) is 48.5 Å². The highest BCUT2D eigenvalue weighted by atomic mass is 31.2.